The average molecular weight is 469 g/mol. The monoisotopic (exact) mass is 468 g/mol. The molecule has 1 unspecified atom stereocenters. The number of terminal acetylenes is 1. The van der Waals surface area contributed by atoms with E-state index in [1.165, 1.54) is 36.0 Å². The Morgan fingerprint density at radius 2 is 2.00 bits per heavy atom. The number of aromatic nitrogens is 2. The number of carbonyl (C=O) groups is 1. The van der Waals surface area contributed by atoms with Gasteiger partial charge >= 0.3 is 0 Å². The van der Waals surface area contributed by atoms with Crippen LogP contribution in [0, 0.1) is 18.3 Å². The van der Waals surface area contributed by atoms with Crippen LogP contribution < -0.4 is 20.4 Å². The fourth-order valence-electron chi connectivity index (χ4n) is 2.84. The first-order valence-electron chi connectivity index (χ1n) is 9.50. The van der Waals surface area contributed by atoms with Crippen LogP contribution in [0.5, 0.6) is 0 Å². The third kappa shape index (κ3) is 5.89. The van der Waals surface area contributed by atoms with Gasteiger partial charge in [-0.05, 0) is 30.3 Å². The van der Waals surface area contributed by atoms with Crippen molar-refractivity contribution in [3.63, 3.8) is 0 Å². The Labute approximate surface area is 193 Å². The Morgan fingerprint density at radius 3 is 2.67 bits per heavy atom. The molecule has 2 aromatic heterocycles. The van der Waals surface area contributed by atoms with Crippen LogP contribution in [-0.4, -0.2) is 40.8 Å². The van der Waals surface area contributed by atoms with Crippen molar-refractivity contribution in [2.45, 2.75) is 0 Å². The SMILES string of the molecule is C#Cc1ccc(Nc2cc(Nc3cccc(F)n3)ncc2C(=O)NOC)c(N(C)[S+](C)[O-])c1. The lowest BCUT2D eigenvalue weighted by molar-refractivity contribution is 0.0538. The molecule has 3 aromatic rings. The molecular weight excluding hydrogens is 447 g/mol. The molecule has 33 heavy (non-hydrogen) atoms. The van der Waals surface area contributed by atoms with Gasteiger partial charge in [0.25, 0.3) is 5.91 Å². The molecule has 2 heterocycles. The molecule has 3 N–H and O–H groups in total. The molecule has 9 nitrogen and oxygen atoms in total. The van der Waals surface area contributed by atoms with E-state index in [-0.39, 0.29) is 11.4 Å². The molecule has 0 fully saturated rings. The molecular formula is C22H21FN6O3S. The second-order valence-corrected chi connectivity index (χ2v) is 8.04. The van der Waals surface area contributed by atoms with E-state index in [1.54, 1.807) is 37.4 Å². The van der Waals surface area contributed by atoms with Crippen molar-refractivity contribution in [1.82, 2.24) is 15.4 Å². The minimum atomic E-state index is -1.33. The second kappa shape index (κ2) is 10.6. The zero-order valence-corrected chi connectivity index (χ0v) is 18.9. The van der Waals surface area contributed by atoms with Crippen LogP contribution >= 0.6 is 0 Å². The third-order valence-electron chi connectivity index (χ3n) is 4.47. The van der Waals surface area contributed by atoms with Crippen molar-refractivity contribution < 1.29 is 18.6 Å². The van der Waals surface area contributed by atoms with Crippen LogP contribution in [0.2, 0.25) is 0 Å². The summed E-state index contributed by atoms with van der Waals surface area (Å²) in [5, 5.41) is 6.06. The van der Waals surface area contributed by atoms with Gasteiger partial charge in [0.1, 0.15) is 23.6 Å². The summed E-state index contributed by atoms with van der Waals surface area (Å²) in [5.41, 5.74) is 4.47. The number of hydroxylamine groups is 1. The molecule has 1 atom stereocenters. The fraction of sp³-hybridized carbons (Fsp3) is 0.136. The van der Waals surface area contributed by atoms with Crippen LogP contribution in [0.25, 0.3) is 0 Å². The summed E-state index contributed by atoms with van der Waals surface area (Å²) in [7, 11) is 2.97. The summed E-state index contributed by atoms with van der Waals surface area (Å²) in [5.74, 6) is 1.90. The van der Waals surface area contributed by atoms with Gasteiger partial charge < -0.3 is 15.2 Å². The molecule has 0 spiro atoms. The van der Waals surface area contributed by atoms with Crippen molar-refractivity contribution in [1.29, 1.82) is 0 Å². The van der Waals surface area contributed by atoms with Gasteiger partial charge in [-0.25, -0.2) is 15.4 Å². The number of benzene rings is 1. The van der Waals surface area contributed by atoms with E-state index >= 15 is 0 Å². The van der Waals surface area contributed by atoms with Gasteiger partial charge in [-0.15, -0.1) is 6.42 Å². The number of nitrogens with zero attached hydrogens (tertiary/aromatic N) is 3. The predicted molar refractivity (Wildman–Crippen MR) is 126 cm³/mol. The summed E-state index contributed by atoms with van der Waals surface area (Å²) in [6.07, 6.45) is 8.38. The number of amides is 1. The van der Waals surface area contributed by atoms with Gasteiger partial charge in [0.2, 0.25) is 5.95 Å². The fourth-order valence-corrected chi connectivity index (χ4v) is 3.26. The Kier molecular flexibility index (Phi) is 7.68. The van der Waals surface area contributed by atoms with Crippen molar-refractivity contribution in [2.75, 3.05) is 35.4 Å². The molecule has 11 heteroatoms. The van der Waals surface area contributed by atoms with Crippen molar-refractivity contribution in [3.05, 3.63) is 65.7 Å². The van der Waals surface area contributed by atoms with Gasteiger partial charge in [-0.1, -0.05) is 12.0 Å². The van der Waals surface area contributed by atoms with E-state index in [4.69, 9.17) is 11.3 Å². The second-order valence-electron chi connectivity index (χ2n) is 6.64. The number of rotatable bonds is 8. The third-order valence-corrected chi connectivity index (χ3v) is 5.44. The molecule has 1 amide bonds. The number of halogens is 1. The molecule has 0 aliphatic carbocycles. The van der Waals surface area contributed by atoms with Crippen LogP contribution in [-0.2, 0) is 16.2 Å². The predicted octanol–water partition coefficient (Wildman–Crippen LogP) is 3.11. The largest absolute Gasteiger partial charge is 0.593 e. The van der Waals surface area contributed by atoms with Gasteiger partial charge in [-0.3, -0.25) is 9.63 Å². The lowest BCUT2D eigenvalue weighted by Gasteiger charge is -2.23. The molecule has 0 radical (unpaired) electrons. The van der Waals surface area contributed by atoms with Gasteiger partial charge in [0.05, 0.1) is 42.5 Å². The Balaban J connectivity index is 2.04. The van der Waals surface area contributed by atoms with Crippen LogP contribution in [0.1, 0.15) is 15.9 Å². The standard InChI is InChI=1S/C22H21FN6O3S/c1-5-14-9-10-16(18(11-14)29(2)33(4)31)25-17-12-21(24-13-15(17)22(30)28-32-3)27-20-8-6-7-19(23)26-20/h1,6-13H,2-4H3,(H,28,30)(H2,24,25,26,27). The minimum absolute atomic E-state index is 0.168. The van der Waals surface area contributed by atoms with Crippen molar-refractivity contribution in [2.24, 2.45) is 0 Å². The molecule has 0 bridgehead atoms. The number of anilines is 5. The summed E-state index contributed by atoms with van der Waals surface area (Å²) in [6.45, 7) is 0. The molecule has 0 aliphatic heterocycles. The molecule has 170 valence electrons. The van der Waals surface area contributed by atoms with Gasteiger partial charge in [0, 0.05) is 17.8 Å². The highest BCUT2D eigenvalue weighted by molar-refractivity contribution is 7.92. The maximum atomic E-state index is 13.4. The first-order valence-corrected chi connectivity index (χ1v) is 11.0. The molecule has 0 saturated carbocycles. The summed E-state index contributed by atoms with van der Waals surface area (Å²) in [6, 6.07) is 11.0. The number of hydrogen-bond donors (Lipinski definition) is 3. The first kappa shape index (κ1) is 23.8. The zero-order valence-electron chi connectivity index (χ0n) is 18.0. The average Bonchev–Trinajstić information content (AvgIpc) is 2.79. The number of nitrogens with one attached hydrogen (secondary N) is 3. The summed E-state index contributed by atoms with van der Waals surface area (Å²) >= 11 is -1.33. The minimum Gasteiger partial charge on any atom is -0.593 e. The lowest BCUT2D eigenvalue weighted by Crippen LogP contribution is -2.26. The number of hydrogen-bond acceptors (Lipinski definition) is 8. The maximum Gasteiger partial charge on any atom is 0.278 e. The number of pyridine rings is 2. The van der Waals surface area contributed by atoms with E-state index in [0.29, 0.717) is 28.4 Å². The molecule has 0 aliphatic rings. The van der Waals surface area contributed by atoms with E-state index < -0.39 is 23.2 Å². The van der Waals surface area contributed by atoms with E-state index in [2.05, 4.69) is 32.0 Å². The maximum absolute atomic E-state index is 13.4. The highest BCUT2D eigenvalue weighted by Crippen LogP contribution is 2.33. The first-order chi connectivity index (χ1) is 15.8. The van der Waals surface area contributed by atoms with E-state index in [0.717, 1.165) is 0 Å². The topological polar surface area (TPSA) is 114 Å². The highest BCUT2D eigenvalue weighted by atomic mass is 32.2. The lowest BCUT2D eigenvalue weighted by atomic mass is 10.1. The van der Waals surface area contributed by atoms with Gasteiger partial charge in [-0.2, -0.15) is 8.70 Å². The molecule has 1 aromatic carbocycles. The normalized spacial score (nSPS) is 11.3. The van der Waals surface area contributed by atoms with Crippen LogP contribution in [0.15, 0.2) is 48.7 Å². The Hall–Kier alpha value is -3.85. The van der Waals surface area contributed by atoms with E-state index in [1.807, 2.05) is 0 Å². The van der Waals surface area contributed by atoms with Gasteiger partial charge in [0.15, 0.2) is 0 Å². The Bertz CT molecular complexity index is 1200. The van der Waals surface area contributed by atoms with E-state index in [9.17, 15) is 13.7 Å². The smallest absolute Gasteiger partial charge is 0.278 e. The summed E-state index contributed by atoms with van der Waals surface area (Å²) < 4.78 is 27.1. The quantitative estimate of drug-likeness (QED) is 0.200. The van der Waals surface area contributed by atoms with Crippen LogP contribution in [0.4, 0.5) is 33.1 Å². The summed E-state index contributed by atoms with van der Waals surface area (Å²) in [4.78, 5) is 25.2. The number of carbonyl (C=O) groups excluding carboxylic acids is 1. The Morgan fingerprint density at radius 1 is 1.21 bits per heavy atom. The molecule has 3 rings (SSSR count). The van der Waals surface area contributed by atoms with Crippen molar-refractivity contribution in [3.8, 4) is 12.3 Å². The highest BCUT2D eigenvalue weighted by Gasteiger charge is 2.19. The van der Waals surface area contributed by atoms with Crippen molar-refractivity contribution >= 4 is 46.0 Å². The van der Waals surface area contributed by atoms with Crippen LogP contribution in [0.3, 0.4) is 0 Å². The molecule has 0 saturated heterocycles. The zero-order chi connectivity index (χ0) is 24.0.